The first-order valence-electron chi connectivity index (χ1n) is 11.1. The Bertz CT molecular complexity index is 689. The molecule has 2 aromatic rings. The van der Waals surface area contributed by atoms with Crippen molar-refractivity contribution in [2.75, 3.05) is 13.2 Å². The Morgan fingerprint density at radius 3 is 2.04 bits per heavy atom. The van der Waals surface area contributed by atoms with Crippen LogP contribution in [0.1, 0.15) is 32.1 Å². The van der Waals surface area contributed by atoms with Crippen molar-refractivity contribution < 1.29 is 9.47 Å². The summed E-state index contributed by atoms with van der Waals surface area (Å²) < 4.78 is 13.0. The Morgan fingerprint density at radius 1 is 0.857 bits per heavy atom. The highest BCUT2D eigenvalue weighted by Crippen LogP contribution is 2.40. The van der Waals surface area contributed by atoms with Crippen molar-refractivity contribution in [1.29, 1.82) is 0 Å². The van der Waals surface area contributed by atoms with Crippen LogP contribution in [0.15, 0.2) is 60.7 Å². The van der Waals surface area contributed by atoms with Crippen LogP contribution >= 0.6 is 0 Å². The van der Waals surface area contributed by atoms with E-state index in [0.717, 1.165) is 18.8 Å². The summed E-state index contributed by atoms with van der Waals surface area (Å²) in [6.45, 7) is 6.74. The van der Waals surface area contributed by atoms with Crippen LogP contribution in [-0.2, 0) is 9.47 Å². The molecule has 0 aromatic heterocycles. The monoisotopic (exact) mass is 410 g/mol. The first kappa shape index (κ1) is 20.1. The second-order valence-electron chi connectivity index (χ2n) is 8.86. The maximum Gasteiger partial charge on any atom is 0.106 e. The van der Waals surface area contributed by atoms with Gasteiger partial charge in [0.15, 0.2) is 0 Å². The lowest BCUT2D eigenvalue weighted by atomic mass is 9.96. The fourth-order valence-electron chi connectivity index (χ4n) is 5.44. The quantitative estimate of drug-likeness (QED) is 0.702. The van der Waals surface area contributed by atoms with E-state index in [1.165, 1.54) is 32.1 Å². The lowest BCUT2D eigenvalue weighted by Crippen LogP contribution is -2.60. The number of hydrogen-bond acceptors (Lipinski definition) is 2. The molecule has 0 amide bonds. The standard InChI is InChI=1S/C24H34O2Si2/c1-27(2)24(16-9-10-17-26-24)23-19-22(15-18-25-23)28(20-11-5-3-6-12-20)21-13-7-4-8-14-21/h3-8,11-14,22-23,27-28H,9-10,15-19H2,1-2H3. The van der Waals surface area contributed by atoms with Gasteiger partial charge in [-0.05, 0) is 37.6 Å². The minimum atomic E-state index is -1.31. The second-order valence-corrected chi connectivity index (χ2v) is 15.4. The summed E-state index contributed by atoms with van der Waals surface area (Å²) in [6, 6.07) is 22.6. The van der Waals surface area contributed by atoms with Crippen molar-refractivity contribution in [2.45, 2.75) is 62.1 Å². The van der Waals surface area contributed by atoms with Gasteiger partial charge in [-0.15, -0.1) is 0 Å². The fraction of sp³-hybridized carbons (Fsp3) is 0.500. The molecule has 0 N–H and O–H groups in total. The van der Waals surface area contributed by atoms with E-state index in [4.69, 9.17) is 9.47 Å². The predicted octanol–water partition coefficient (Wildman–Crippen LogP) is 3.54. The molecule has 4 heteroatoms. The van der Waals surface area contributed by atoms with E-state index in [2.05, 4.69) is 73.8 Å². The van der Waals surface area contributed by atoms with Crippen LogP contribution in [0.5, 0.6) is 0 Å². The average molecular weight is 411 g/mol. The van der Waals surface area contributed by atoms with E-state index in [-0.39, 0.29) is 5.22 Å². The molecule has 2 fully saturated rings. The summed E-state index contributed by atoms with van der Waals surface area (Å²) in [7, 11) is -2.31. The summed E-state index contributed by atoms with van der Waals surface area (Å²) >= 11 is 0. The van der Waals surface area contributed by atoms with E-state index in [1.54, 1.807) is 10.4 Å². The molecule has 28 heavy (non-hydrogen) atoms. The van der Waals surface area contributed by atoms with E-state index in [1.807, 2.05) is 0 Å². The topological polar surface area (TPSA) is 18.5 Å². The summed E-state index contributed by atoms with van der Waals surface area (Å²) in [5, 5.41) is 3.18. The number of rotatable bonds is 5. The SMILES string of the molecule is C[SiH](C)C1(C2CC([SiH](c3ccccc3)c3ccccc3)CCO2)CCCCO1. The number of benzene rings is 2. The van der Waals surface area contributed by atoms with Crippen molar-refractivity contribution in [2.24, 2.45) is 0 Å². The van der Waals surface area contributed by atoms with E-state index in [0.29, 0.717) is 6.10 Å². The highest BCUT2D eigenvalue weighted by atomic mass is 28.3. The molecule has 3 atom stereocenters. The molecule has 150 valence electrons. The normalized spacial score (nSPS) is 28.6. The molecule has 0 saturated carbocycles. The maximum absolute atomic E-state index is 6.56. The van der Waals surface area contributed by atoms with Gasteiger partial charge < -0.3 is 9.47 Å². The van der Waals surface area contributed by atoms with Crippen LogP contribution in [0.3, 0.4) is 0 Å². The highest BCUT2D eigenvalue weighted by molar-refractivity contribution is 6.86. The fourth-order valence-corrected chi connectivity index (χ4v) is 11.4. The Kier molecular flexibility index (Phi) is 6.51. The lowest BCUT2D eigenvalue weighted by Gasteiger charge is -2.49. The summed E-state index contributed by atoms with van der Waals surface area (Å²) in [5.74, 6) is 0. The van der Waals surface area contributed by atoms with E-state index in [9.17, 15) is 0 Å². The zero-order chi connectivity index (χ0) is 19.4. The zero-order valence-electron chi connectivity index (χ0n) is 17.3. The van der Waals surface area contributed by atoms with Crippen molar-refractivity contribution in [3.05, 3.63) is 60.7 Å². The van der Waals surface area contributed by atoms with Gasteiger partial charge in [-0.3, -0.25) is 0 Å². The number of hydrogen-bond donors (Lipinski definition) is 0. The van der Waals surface area contributed by atoms with Crippen LogP contribution < -0.4 is 10.4 Å². The molecule has 2 saturated heterocycles. The van der Waals surface area contributed by atoms with Crippen LogP contribution in [-0.4, -0.2) is 42.1 Å². The first-order valence-corrected chi connectivity index (χ1v) is 15.8. The van der Waals surface area contributed by atoms with Gasteiger partial charge >= 0.3 is 0 Å². The van der Waals surface area contributed by atoms with Gasteiger partial charge in [-0.1, -0.05) is 84.1 Å². The van der Waals surface area contributed by atoms with Crippen LogP contribution in [0.2, 0.25) is 18.6 Å². The van der Waals surface area contributed by atoms with Gasteiger partial charge in [0.1, 0.15) is 8.80 Å². The molecule has 2 aliphatic heterocycles. The van der Waals surface area contributed by atoms with E-state index < -0.39 is 17.6 Å². The molecular formula is C24H34O2Si2. The molecule has 2 aliphatic rings. The van der Waals surface area contributed by atoms with Crippen molar-refractivity contribution in [1.82, 2.24) is 0 Å². The third-order valence-corrected chi connectivity index (χ3v) is 13.5. The summed E-state index contributed by atoms with van der Waals surface area (Å²) in [4.78, 5) is 0. The van der Waals surface area contributed by atoms with Crippen molar-refractivity contribution in [3.8, 4) is 0 Å². The van der Waals surface area contributed by atoms with Gasteiger partial charge in [0.05, 0.1) is 20.1 Å². The van der Waals surface area contributed by atoms with Crippen molar-refractivity contribution >= 4 is 28.0 Å². The van der Waals surface area contributed by atoms with Gasteiger partial charge in [-0.25, -0.2) is 0 Å². The van der Waals surface area contributed by atoms with Crippen LogP contribution in [0.25, 0.3) is 0 Å². The average Bonchev–Trinajstić information content (AvgIpc) is 2.76. The summed E-state index contributed by atoms with van der Waals surface area (Å²) in [6.07, 6.45) is 6.37. The van der Waals surface area contributed by atoms with Gasteiger partial charge in [-0.2, -0.15) is 0 Å². The second kappa shape index (κ2) is 9.08. The van der Waals surface area contributed by atoms with Crippen LogP contribution in [0, 0.1) is 0 Å². The number of ether oxygens (including phenoxy) is 2. The smallest absolute Gasteiger partial charge is 0.106 e. The Hall–Kier alpha value is -1.21. The first-order chi connectivity index (χ1) is 13.7. The molecule has 3 unspecified atom stereocenters. The third kappa shape index (κ3) is 4.06. The molecule has 2 aromatic carbocycles. The highest BCUT2D eigenvalue weighted by Gasteiger charge is 2.48. The molecule has 0 aliphatic carbocycles. The molecule has 2 heterocycles. The minimum absolute atomic E-state index is 0.0449. The molecular weight excluding hydrogens is 376 g/mol. The Labute approximate surface area is 173 Å². The molecule has 0 radical (unpaired) electrons. The summed E-state index contributed by atoms with van der Waals surface area (Å²) in [5.41, 5.74) is 0.735. The molecule has 0 spiro atoms. The maximum atomic E-state index is 6.56. The van der Waals surface area contributed by atoms with E-state index >= 15 is 0 Å². The van der Waals surface area contributed by atoms with Gasteiger partial charge in [0, 0.05) is 13.2 Å². The third-order valence-electron chi connectivity index (χ3n) is 6.97. The largest absolute Gasteiger partial charge is 0.376 e. The molecule has 4 rings (SSSR count). The Balaban J connectivity index is 1.64. The molecule has 2 nitrogen and oxygen atoms in total. The van der Waals surface area contributed by atoms with Crippen LogP contribution in [0.4, 0.5) is 0 Å². The Morgan fingerprint density at radius 2 is 1.50 bits per heavy atom. The molecule has 0 bridgehead atoms. The lowest BCUT2D eigenvalue weighted by molar-refractivity contribution is -0.136. The van der Waals surface area contributed by atoms with Crippen molar-refractivity contribution in [3.63, 3.8) is 0 Å². The minimum Gasteiger partial charge on any atom is -0.376 e. The zero-order valence-corrected chi connectivity index (χ0v) is 19.7. The predicted molar refractivity (Wildman–Crippen MR) is 123 cm³/mol. The van der Waals surface area contributed by atoms with Gasteiger partial charge in [0.2, 0.25) is 0 Å². The van der Waals surface area contributed by atoms with Gasteiger partial charge in [0.25, 0.3) is 0 Å².